The van der Waals surface area contributed by atoms with E-state index in [1.165, 1.54) is 6.92 Å². The van der Waals surface area contributed by atoms with E-state index in [9.17, 15) is 4.79 Å². The predicted molar refractivity (Wildman–Crippen MR) is 127 cm³/mol. The normalized spacial score (nSPS) is 18.0. The number of piperazine rings is 1. The molecule has 9 nitrogen and oxygen atoms in total. The summed E-state index contributed by atoms with van der Waals surface area (Å²) in [6, 6.07) is 7.77. The van der Waals surface area contributed by atoms with Gasteiger partial charge in [-0.25, -0.2) is 15.0 Å². The maximum Gasteiger partial charge on any atom is 0.322 e. The quantitative estimate of drug-likeness (QED) is 0.564. The Kier molecular flexibility index (Phi) is 5.94. The van der Waals surface area contributed by atoms with Crippen LogP contribution in [0.5, 0.6) is 0 Å². The molecule has 4 heterocycles. The van der Waals surface area contributed by atoms with E-state index in [1.54, 1.807) is 5.06 Å². The van der Waals surface area contributed by atoms with E-state index in [4.69, 9.17) is 31.4 Å². The molecule has 0 spiro atoms. The predicted octanol–water partition coefficient (Wildman–Crippen LogP) is 2.93. The number of nitrogens with zero attached hydrogens (tertiary/aromatic N) is 7. The molecule has 0 N–H and O–H groups in total. The van der Waals surface area contributed by atoms with Gasteiger partial charge in [-0.3, -0.25) is 4.79 Å². The average molecular weight is 470 g/mol. The molecule has 0 radical (unpaired) electrons. The van der Waals surface area contributed by atoms with Crippen LogP contribution in [-0.2, 0) is 9.63 Å². The molecule has 2 aromatic heterocycles. The van der Waals surface area contributed by atoms with Gasteiger partial charge in [0.25, 0.3) is 0 Å². The van der Waals surface area contributed by atoms with Crippen molar-refractivity contribution >= 4 is 34.6 Å². The number of likely N-dealkylation sites (N-methyl/N-ethyl adjacent to an activating group) is 1. The molecule has 2 fully saturated rings. The van der Waals surface area contributed by atoms with E-state index < -0.39 is 0 Å². The van der Waals surface area contributed by atoms with Gasteiger partial charge in [0.15, 0.2) is 17.0 Å². The van der Waals surface area contributed by atoms with E-state index in [0.717, 1.165) is 61.1 Å². The van der Waals surface area contributed by atoms with Gasteiger partial charge in [-0.15, -0.1) is 5.06 Å². The van der Waals surface area contributed by atoms with Crippen molar-refractivity contribution in [1.29, 1.82) is 0 Å². The fourth-order valence-electron chi connectivity index (χ4n) is 4.58. The number of fused-ring (bicyclic) bond motifs is 1. The zero-order valence-corrected chi connectivity index (χ0v) is 19.9. The Morgan fingerprint density at radius 1 is 1.12 bits per heavy atom. The molecule has 2 aliphatic heterocycles. The van der Waals surface area contributed by atoms with Gasteiger partial charge in [-0.05, 0) is 25.6 Å². The van der Waals surface area contributed by atoms with Crippen LogP contribution in [0.2, 0.25) is 5.02 Å². The van der Waals surface area contributed by atoms with Crippen LogP contribution >= 0.6 is 11.6 Å². The van der Waals surface area contributed by atoms with Crippen LogP contribution in [0.3, 0.4) is 0 Å². The molecule has 0 amide bonds. The first-order valence-corrected chi connectivity index (χ1v) is 11.7. The van der Waals surface area contributed by atoms with Crippen LogP contribution in [-0.4, -0.2) is 81.3 Å². The molecule has 0 atom stereocenters. The molecule has 0 saturated carbocycles. The summed E-state index contributed by atoms with van der Waals surface area (Å²) in [5.41, 5.74) is 2.42. The Balaban J connectivity index is 1.61. The number of aromatic nitrogens is 4. The van der Waals surface area contributed by atoms with Gasteiger partial charge < -0.3 is 19.2 Å². The maximum absolute atomic E-state index is 11.4. The second kappa shape index (κ2) is 8.89. The first-order valence-electron chi connectivity index (χ1n) is 11.4. The lowest BCUT2D eigenvalue weighted by atomic mass is 10.1. The molecule has 3 aromatic rings. The Bertz CT molecular complexity index is 1180. The molecule has 1 aromatic carbocycles. The molecule has 174 valence electrons. The van der Waals surface area contributed by atoms with Gasteiger partial charge in [0, 0.05) is 38.7 Å². The summed E-state index contributed by atoms with van der Waals surface area (Å²) < 4.78 is 2.14. The van der Waals surface area contributed by atoms with Crippen molar-refractivity contribution in [3.05, 3.63) is 35.1 Å². The molecule has 2 aliphatic rings. The molecule has 0 bridgehead atoms. The maximum atomic E-state index is 11.4. The number of hydroxylamine groups is 2. The lowest BCUT2D eigenvalue weighted by Gasteiger charge is -2.38. The first kappa shape index (κ1) is 22.1. The molecule has 33 heavy (non-hydrogen) atoms. The number of imidazole rings is 1. The number of aryl methyl sites for hydroxylation is 1. The van der Waals surface area contributed by atoms with Crippen molar-refractivity contribution < 1.29 is 9.63 Å². The minimum absolute atomic E-state index is 0.0553. The summed E-state index contributed by atoms with van der Waals surface area (Å²) in [6.45, 7) is 11.5. The topological polar surface area (TPSA) is 79.6 Å². The Hall–Kier alpha value is -2.75. The highest BCUT2D eigenvalue weighted by atomic mass is 35.5. The van der Waals surface area contributed by atoms with Crippen LogP contribution in [0.25, 0.3) is 22.6 Å². The molecule has 0 aliphatic carbocycles. The van der Waals surface area contributed by atoms with Crippen molar-refractivity contribution in [3.63, 3.8) is 0 Å². The standard InChI is InChI=1S/C23H28ClN7O2/c1-4-28-9-11-29(12-10-28)22-20-23(26-15(2)25-22)31(17-13-30(14-17)33-16(3)32)21(27-20)18-7-5-6-8-19(18)24/h5-8,17H,4,9-14H2,1-3H3. The van der Waals surface area contributed by atoms with Crippen molar-refractivity contribution in [2.45, 2.75) is 26.8 Å². The lowest BCUT2D eigenvalue weighted by Crippen LogP contribution is -2.48. The van der Waals surface area contributed by atoms with Gasteiger partial charge in [-0.2, -0.15) is 0 Å². The van der Waals surface area contributed by atoms with E-state index in [1.807, 2.05) is 31.2 Å². The number of halogens is 1. The van der Waals surface area contributed by atoms with Crippen LogP contribution in [0.1, 0.15) is 25.7 Å². The number of hydrogen-bond donors (Lipinski definition) is 0. The van der Waals surface area contributed by atoms with Crippen molar-refractivity contribution in [1.82, 2.24) is 29.5 Å². The van der Waals surface area contributed by atoms with Crippen molar-refractivity contribution in [3.8, 4) is 11.4 Å². The van der Waals surface area contributed by atoms with Crippen LogP contribution in [0.4, 0.5) is 5.82 Å². The minimum Gasteiger partial charge on any atom is -0.368 e. The Morgan fingerprint density at radius 2 is 1.85 bits per heavy atom. The van der Waals surface area contributed by atoms with E-state index in [0.29, 0.717) is 23.9 Å². The minimum atomic E-state index is -0.318. The molecule has 0 unspecified atom stereocenters. The molecular formula is C23H28ClN7O2. The van der Waals surface area contributed by atoms with Gasteiger partial charge in [0.05, 0.1) is 24.2 Å². The molecular weight excluding hydrogens is 442 g/mol. The summed E-state index contributed by atoms with van der Waals surface area (Å²) in [6.07, 6.45) is 0. The number of carbonyl (C=O) groups excluding carboxylic acids is 1. The van der Waals surface area contributed by atoms with Crippen LogP contribution in [0.15, 0.2) is 24.3 Å². The third-order valence-corrected chi connectivity index (χ3v) is 6.65. The number of anilines is 1. The van der Waals surface area contributed by atoms with Gasteiger partial charge in [0.1, 0.15) is 11.6 Å². The highest BCUT2D eigenvalue weighted by Crippen LogP contribution is 2.37. The second-order valence-corrected chi connectivity index (χ2v) is 8.96. The smallest absolute Gasteiger partial charge is 0.322 e. The molecule has 5 rings (SSSR count). The summed E-state index contributed by atoms with van der Waals surface area (Å²) in [5, 5.41) is 2.29. The van der Waals surface area contributed by atoms with Crippen LogP contribution in [0, 0.1) is 6.92 Å². The van der Waals surface area contributed by atoms with E-state index in [2.05, 4.69) is 21.3 Å². The van der Waals surface area contributed by atoms with Crippen molar-refractivity contribution in [2.75, 3.05) is 50.7 Å². The number of carbonyl (C=O) groups is 1. The monoisotopic (exact) mass is 469 g/mol. The third kappa shape index (κ3) is 4.16. The first-order chi connectivity index (χ1) is 15.9. The van der Waals surface area contributed by atoms with Gasteiger partial charge >= 0.3 is 5.97 Å². The highest BCUT2D eigenvalue weighted by Gasteiger charge is 2.35. The summed E-state index contributed by atoms with van der Waals surface area (Å²) >= 11 is 6.59. The SMILES string of the molecule is CCN1CCN(c2nc(C)nc3c2nc(-c2ccccc2Cl)n3C2CN(OC(C)=O)C2)CC1. The second-order valence-electron chi connectivity index (χ2n) is 8.56. The average Bonchev–Trinajstić information content (AvgIpc) is 3.14. The number of hydrogen-bond acceptors (Lipinski definition) is 8. The zero-order chi connectivity index (χ0) is 23.1. The molecule has 2 saturated heterocycles. The van der Waals surface area contributed by atoms with Gasteiger partial charge in [-0.1, -0.05) is 30.7 Å². The number of benzene rings is 1. The fourth-order valence-corrected chi connectivity index (χ4v) is 4.80. The number of rotatable bonds is 5. The third-order valence-electron chi connectivity index (χ3n) is 6.32. The van der Waals surface area contributed by atoms with E-state index >= 15 is 0 Å². The largest absolute Gasteiger partial charge is 0.368 e. The van der Waals surface area contributed by atoms with E-state index in [-0.39, 0.29) is 12.0 Å². The highest BCUT2D eigenvalue weighted by molar-refractivity contribution is 6.33. The summed E-state index contributed by atoms with van der Waals surface area (Å²) in [7, 11) is 0. The summed E-state index contributed by atoms with van der Waals surface area (Å²) in [4.78, 5) is 36.0. The van der Waals surface area contributed by atoms with Crippen molar-refractivity contribution in [2.24, 2.45) is 0 Å². The zero-order valence-electron chi connectivity index (χ0n) is 19.2. The van der Waals surface area contributed by atoms with Gasteiger partial charge in [0.2, 0.25) is 0 Å². The van der Waals surface area contributed by atoms with Crippen LogP contribution < -0.4 is 4.90 Å². The molecule has 10 heteroatoms. The lowest BCUT2D eigenvalue weighted by molar-refractivity contribution is -0.214. The Morgan fingerprint density at radius 3 is 2.52 bits per heavy atom. The fraction of sp³-hybridized carbons (Fsp3) is 0.478. The summed E-state index contributed by atoms with van der Waals surface area (Å²) in [5.74, 6) is 2.02. The Labute approximate surface area is 197 Å².